The third-order valence-electron chi connectivity index (χ3n) is 6.18. The molecule has 0 atom stereocenters. The third-order valence-corrected chi connectivity index (χ3v) is 6.18. The molecule has 0 spiro atoms. The molecule has 0 unspecified atom stereocenters. The van der Waals surface area contributed by atoms with E-state index >= 15 is 0 Å². The Bertz CT molecular complexity index is 1030. The lowest BCUT2D eigenvalue weighted by molar-refractivity contribution is 0.0322. The van der Waals surface area contributed by atoms with Crippen LogP contribution in [0.3, 0.4) is 0 Å². The second kappa shape index (κ2) is 16.7. The molecule has 1 saturated heterocycles. The first kappa shape index (κ1) is 29.4. The number of ether oxygens (including phenoxy) is 4. The molecule has 0 saturated carbocycles. The Labute approximate surface area is 227 Å². The first-order valence-electron chi connectivity index (χ1n) is 13.3. The van der Waals surface area contributed by atoms with E-state index in [0.29, 0.717) is 25.6 Å². The van der Waals surface area contributed by atoms with Crippen LogP contribution in [0.1, 0.15) is 18.2 Å². The molecule has 0 bridgehead atoms. The van der Waals surface area contributed by atoms with Crippen LogP contribution in [0.2, 0.25) is 0 Å². The van der Waals surface area contributed by atoms with E-state index in [-0.39, 0.29) is 0 Å². The number of likely N-dealkylation sites (N-methyl/N-ethyl adjacent to an activating group) is 2. The van der Waals surface area contributed by atoms with Crippen molar-refractivity contribution in [2.75, 3.05) is 79.9 Å². The minimum atomic E-state index is 0.391. The first-order valence-corrected chi connectivity index (χ1v) is 13.3. The van der Waals surface area contributed by atoms with Crippen LogP contribution < -0.4 is 14.8 Å². The number of allylic oxidation sites excluding steroid dienone is 4. The van der Waals surface area contributed by atoms with Crippen LogP contribution in [-0.4, -0.2) is 99.9 Å². The van der Waals surface area contributed by atoms with Gasteiger partial charge in [-0.05, 0) is 50.9 Å². The molecule has 1 aromatic carbocycles. The topological polar surface area (TPSA) is 84.1 Å². The molecule has 0 aliphatic carbocycles. The number of aromatic amines is 1. The summed E-state index contributed by atoms with van der Waals surface area (Å²) in [5, 5.41) is 10.6. The summed E-state index contributed by atoms with van der Waals surface area (Å²) >= 11 is 0. The highest BCUT2D eigenvalue weighted by molar-refractivity contribution is 5.73. The maximum absolute atomic E-state index is 5.90. The van der Waals surface area contributed by atoms with Crippen LogP contribution in [0.5, 0.6) is 11.5 Å². The van der Waals surface area contributed by atoms with Crippen LogP contribution in [0.15, 0.2) is 61.0 Å². The van der Waals surface area contributed by atoms with Crippen LogP contribution in [0.4, 0.5) is 0 Å². The number of benzene rings is 1. The Morgan fingerprint density at radius 1 is 1.18 bits per heavy atom. The number of nitrogens with one attached hydrogen (secondary N) is 2. The van der Waals surface area contributed by atoms with E-state index in [1.54, 1.807) is 0 Å². The fraction of sp³-hybridized carbons (Fsp3) is 0.483. The minimum absolute atomic E-state index is 0.391. The largest absolute Gasteiger partial charge is 0.492 e. The lowest BCUT2D eigenvalue weighted by Gasteiger charge is -2.26. The van der Waals surface area contributed by atoms with Crippen molar-refractivity contribution < 1.29 is 18.9 Å². The zero-order chi connectivity index (χ0) is 27.0. The zero-order valence-electron chi connectivity index (χ0n) is 23.1. The van der Waals surface area contributed by atoms with Crippen LogP contribution in [0.25, 0.3) is 5.57 Å². The molecule has 2 heterocycles. The highest BCUT2D eigenvalue weighted by atomic mass is 16.5. The van der Waals surface area contributed by atoms with Gasteiger partial charge in [0.15, 0.2) is 0 Å². The van der Waals surface area contributed by atoms with E-state index < -0.39 is 0 Å². The molecular formula is C29H43N5O4. The molecule has 208 valence electrons. The molecule has 0 amide bonds. The van der Waals surface area contributed by atoms with E-state index in [0.717, 1.165) is 80.8 Å². The summed E-state index contributed by atoms with van der Waals surface area (Å²) in [6, 6.07) is 7.70. The summed E-state index contributed by atoms with van der Waals surface area (Å²) in [5.41, 5.74) is 3.18. The highest BCUT2D eigenvalue weighted by Gasteiger charge is 2.11. The van der Waals surface area contributed by atoms with Crippen LogP contribution >= 0.6 is 0 Å². The van der Waals surface area contributed by atoms with Gasteiger partial charge < -0.3 is 29.2 Å². The number of morpholine rings is 1. The van der Waals surface area contributed by atoms with Gasteiger partial charge in [0.2, 0.25) is 0 Å². The first-order chi connectivity index (χ1) is 18.6. The van der Waals surface area contributed by atoms with Gasteiger partial charge in [0.05, 0.1) is 25.1 Å². The third kappa shape index (κ3) is 10.3. The fourth-order valence-corrected chi connectivity index (χ4v) is 4.01. The molecule has 1 aliphatic rings. The second-order valence-electron chi connectivity index (χ2n) is 9.13. The number of aromatic nitrogens is 2. The van der Waals surface area contributed by atoms with Crippen molar-refractivity contribution in [3.05, 3.63) is 72.3 Å². The predicted molar refractivity (Wildman–Crippen MR) is 151 cm³/mol. The summed E-state index contributed by atoms with van der Waals surface area (Å²) in [4.78, 5) is 4.61. The van der Waals surface area contributed by atoms with Crippen LogP contribution in [0, 0.1) is 0 Å². The van der Waals surface area contributed by atoms with Gasteiger partial charge in [-0.1, -0.05) is 18.7 Å². The van der Waals surface area contributed by atoms with Crippen molar-refractivity contribution in [2.45, 2.75) is 13.5 Å². The molecule has 9 nitrogen and oxygen atoms in total. The molecular weight excluding hydrogens is 482 g/mol. The number of hydrogen-bond acceptors (Lipinski definition) is 8. The van der Waals surface area contributed by atoms with Gasteiger partial charge >= 0.3 is 0 Å². The molecule has 1 aliphatic heterocycles. The summed E-state index contributed by atoms with van der Waals surface area (Å²) < 4.78 is 22.9. The Hall–Kier alpha value is -3.11. The average molecular weight is 526 g/mol. The maximum atomic E-state index is 5.90. The predicted octanol–water partition coefficient (Wildman–Crippen LogP) is 3.34. The van der Waals surface area contributed by atoms with Gasteiger partial charge in [-0.25, -0.2) is 0 Å². The van der Waals surface area contributed by atoms with E-state index in [1.807, 2.05) is 62.7 Å². The monoisotopic (exact) mass is 525 g/mol. The zero-order valence-corrected chi connectivity index (χ0v) is 23.1. The Balaban J connectivity index is 1.38. The van der Waals surface area contributed by atoms with Gasteiger partial charge in [-0.15, -0.1) is 0 Å². The number of hydrogen-bond donors (Lipinski definition) is 2. The Morgan fingerprint density at radius 3 is 2.68 bits per heavy atom. The van der Waals surface area contributed by atoms with Gasteiger partial charge in [0.25, 0.3) is 0 Å². The SMILES string of the molecule is C=C(/C=C\C(=C/C)c1[nH]ncc1CN(C)CCNC)OCCOc1cccc(OCCN2CCOCC2)c1. The van der Waals surface area contributed by atoms with Crippen molar-refractivity contribution >= 4 is 5.57 Å². The van der Waals surface area contributed by atoms with Gasteiger partial charge in [-0.2, -0.15) is 5.10 Å². The normalized spacial score (nSPS) is 14.8. The van der Waals surface area contributed by atoms with E-state index in [4.69, 9.17) is 18.9 Å². The Morgan fingerprint density at radius 2 is 1.95 bits per heavy atom. The molecule has 2 N–H and O–H groups in total. The molecule has 1 fully saturated rings. The van der Waals surface area contributed by atoms with Gasteiger partial charge in [-0.3, -0.25) is 10.00 Å². The smallest absolute Gasteiger partial charge is 0.123 e. The molecule has 9 heteroatoms. The van der Waals surface area contributed by atoms with Crippen molar-refractivity contribution in [3.8, 4) is 11.5 Å². The standard InChI is InChI=1S/C29H43N5O4/c1-5-25(29-26(22-31-32-29)23-33(4)12-11-30-3)10-9-24(2)36-19-20-38-28-8-6-7-27(21-28)37-18-15-34-13-16-35-17-14-34/h5-10,21-22,30H,2,11-20,23H2,1,3-4H3,(H,31,32)/b10-9-,25-5+. The maximum Gasteiger partial charge on any atom is 0.123 e. The quantitative estimate of drug-likeness (QED) is 0.185. The van der Waals surface area contributed by atoms with Crippen molar-refractivity contribution in [3.63, 3.8) is 0 Å². The Kier molecular flexibility index (Phi) is 12.9. The highest BCUT2D eigenvalue weighted by Crippen LogP contribution is 2.21. The van der Waals surface area contributed by atoms with Gasteiger partial charge in [0.1, 0.15) is 37.1 Å². The number of H-pyrrole nitrogens is 1. The molecule has 1 aromatic heterocycles. The van der Waals surface area contributed by atoms with Crippen molar-refractivity contribution in [1.82, 2.24) is 25.3 Å². The minimum Gasteiger partial charge on any atom is -0.492 e. The fourth-order valence-electron chi connectivity index (χ4n) is 4.01. The van der Waals surface area contributed by atoms with Gasteiger partial charge in [0, 0.05) is 50.9 Å². The molecule has 0 radical (unpaired) electrons. The summed E-state index contributed by atoms with van der Waals surface area (Å²) in [6.45, 7) is 14.6. The second-order valence-corrected chi connectivity index (χ2v) is 9.13. The van der Waals surface area contributed by atoms with Crippen molar-refractivity contribution in [2.24, 2.45) is 0 Å². The summed E-state index contributed by atoms with van der Waals surface area (Å²) in [5.74, 6) is 2.12. The molecule has 3 rings (SSSR count). The van der Waals surface area contributed by atoms with E-state index in [9.17, 15) is 0 Å². The lowest BCUT2D eigenvalue weighted by atomic mass is 10.1. The molecule has 38 heavy (non-hydrogen) atoms. The summed E-state index contributed by atoms with van der Waals surface area (Å²) in [7, 11) is 4.07. The molecule has 2 aromatic rings. The number of nitrogens with zero attached hydrogens (tertiary/aromatic N) is 3. The average Bonchev–Trinajstić information content (AvgIpc) is 3.39. The van der Waals surface area contributed by atoms with Crippen molar-refractivity contribution in [1.29, 1.82) is 0 Å². The lowest BCUT2D eigenvalue weighted by Crippen LogP contribution is -2.38. The van der Waals surface area contributed by atoms with E-state index in [1.165, 1.54) is 0 Å². The summed E-state index contributed by atoms with van der Waals surface area (Å²) in [6.07, 6.45) is 7.79. The van der Waals surface area contributed by atoms with E-state index in [2.05, 4.69) is 38.9 Å². The number of rotatable bonds is 17. The van der Waals surface area contributed by atoms with Crippen LogP contribution in [-0.2, 0) is 16.0 Å².